The molecule has 7 nitrogen and oxygen atoms in total. The molecule has 0 radical (unpaired) electrons. The number of aryl methyl sites for hydroxylation is 1. The van der Waals surface area contributed by atoms with Crippen LogP contribution < -0.4 is 4.74 Å². The Morgan fingerprint density at radius 1 is 1.17 bits per heavy atom. The van der Waals surface area contributed by atoms with Gasteiger partial charge in [0.25, 0.3) is 5.91 Å². The number of methoxy groups -OCH3 is 1. The van der Waals surface area contributed by atoms with Crippen LogP contribution in [0.25, 0.3) is 33.6 Å². The number of aromatic nitrogens is 4. The van der Waals surface area contributed by atoms with E-state index in [0.717, 1.165) is 53.1 Å². The number of nitrogens with zero attached hydrogens (tertiary/aromatic N) is 5. The van der Waals surface area contributed by atoms with Gasteiger partial charge in [-0.25, -0.2) is 9.97 Å². The van der Waals surface area contributed by atoms with Crippen molar-refractivity contribution in [3.8, 4) is 17.3 Å². The van der Waals surface area contributed by atoms with E-state index in [9.17, 15) is 4.79 Å². The lowest BCUT2D eigenvalue weighted by molar-refractivity contribution is 0.0105. The highest BCUT2D eigenvalue weighted by Gasteiger charge is 2.41. The van der Waals surface area contributed by atoms with Gasteiger partial charge in [0.2, 0.25) is 0 Å². The van der Waals surface area contributed by atoms with Crippen molar-refractivity contribution >= 4 is 28.0 Å². The van der Waals surface area contributed by atoms with Gasteiger partial charge in [-0.1, -0.05) is 6.92 Å². The van der Waals surface area contributed by atoms with Crippen LogP contribution in [0.4, 0.5) is 0 Å². The molecule has 186 valence electrons. The van der Waals surface area contributed by atoms with Gasteiger partial charge in [-0.05, 0) is 80.2 Å². The lowest BCUT2D eigenvalue weighted by atomic mass is 9.73. The van der Waals surface area contributed by atoms with Crippen LogP contribution in [0.3, 0.4) is 0 Å². The summed E-state index contributed by atoms with van der Waals surface area (Å²) in [6, 6.07) is 10.5. The van der Waals surface area contributed by atoms with Gasteiger partial charge in [-0.15, -0.1) is 0 Å². The lowest BCUT2D eigenvalue weighted by Gasteiger charge is -2.49. The molecule has 2 saturated heterocycles. The molecule has 4 aliphatic rings. The quantitative estimate of drug-likeness (QED) is 0.388. The molecule has 3 atom stereocenters. The van der Waals surface area contributed by atoms with Crippen LogP contribution in [-0.4, -0.2) is 49.6 Å². The van der Waals surface area contributed by atoms with Crippen LogP contribution >= 0.6 is 0 Å². The predicted molar refractivity (Wildman–Crippen MR) is 140 cm³/mol. The van der Waals surface area contributed by atoms with Crippen LogP contribution in [0.2, 0.25) is 0 Å². The van der Waals surface area contributed by atoms with E-state index >= 15 is 0 Å². The summed E-state index contributed by atoms with van der Waals surface area (Å²) < 4.78 is 10.3. The molecule has 1 amide bonds. The van der Waals surface area contributed by atoms with E-state index in [0.29, 0.717) is 35.1 Å². The summed E-state index contributed by atoms with van der Waals surface area (Å²) in [7, 11) is 3.71. The molecular formula is C29H33N5O2. The molecular weight excluding hydrogens is 450 g/mol. The molecule has 4 fully saturated rings. The van der Waals surface area contributed by atoms with E-state index in [4.69, 9.17) is 14.7 Å². The SMILES string of the molecule is COc1cc(C(=O)N2CC3CCC2[C@@H](C)C3)cc2nc(-c3cc4cccnc4n3CC3CC3)n(C)c12. The number of pyridine rings is 1. The highest BCUT2D eigenvalue weighted by molar-refractivity contribution is 6.00. The molecule has 2 aliphatic carbocycles. The van der Waals surface area contributed by atoms with Crippen LogP contribution in [0.15, 0.2) is 36.5 Å². The molecule has 4 aromatic rings. The summed E-state index contributed by atoms with van der Waals surface area (Å²) >= 11 is 0. The highest BCUT2D eigenvalue weighted by atomic mass is 16.5. The van der Waals surface area contributed by atoms with Crippen molar-refractivity contribution in [1.82, 2.24) is 24.0 Å². The molecule has 2 bridgehead atoms. The number of hydrogen-bond acceptors (Lipinski definition) is 4. The van der Waals surface area contributed by atoms with Crippen LogP contribution in [0, 0.1) is 17.8 Å². The topological polar surface area (TPSA) is 65.2 Å². The van der Waals surface area contributed by atoms with Crippen molar-refractivity contribution in [3.63, 3.8) is 0 Å². The van der Waals surface area contributed by atoms with Crippen molar-refractivity contribution in [2.24, 2.45) is 24.8 Å². The Kier molecular flexibility index (Phi) is 4.92. The predicted octanol–water partition coefficient (Wildman–Crippen LogP) is 5.27. The third-order valence-corrected chi connectivity index (χ3v) is 8.77. The van der Waals surface area contributed by atoms with Crippen molar-refractivity contribution in [2.75, 3.05) is 13.7 Å². The molecule has 2 unspecified atom stereocenters. The van der Waals surface area contributed by atoms with Gasteiger partial charge in [0, 0.05) is 43.3 Å². The number of hydrogen-bond donors (Lipinski definition) is 0. The van der Waals surface area contributed by atoms with Crippen molar-refractivity contribution in [1.29, 1.82) is 0 Å². The zero-order chi connectivity index (χ0) is 24.6. The fourth-order valence-electron chi connectivity index (χ4n) is 6.77. The molecule has 36 heavy (non-hydrogen) atoms. The molecule has 2 saturated carbocycles. The van der Waals surface area contributed by atoms with Gasteiger partial charge in [0.15, 0.2) is 5.82 Å². The average Bonchev–Trinajstić information content (AvgIpc) is 3.56. The second-order valence-corrected chi connectivity index (χ2v) is 11.2. The van der Waals surface area contributed by atoms with E-state index in [-0.39, 0.29) is 5.91 Å². The average molecular weight is 484 g/mol. The molecule has 1 aromatic carbocycles. The second-order valence-electron chi connectivity index (χ2n) is 11.2. The van der Waals surface area contributed by atoms with E-state index in [2.05, 4.69) is 33.1 Å². The standard InChI is InChI=1S/C29H33N5O2/c1-17-11-19-8-9-23(17)34(16-19)29(35)21-12-22-26(25(14-21)36-3)32(2)28(31-22)24-13-20-5-4-10-30-27(20)33(24)15-18-6-7-18/h4-5,10,12-14,17-19,23H,6-9,11,15-16H2,1-3H3/t17-,19?,23?/m0/s1. The number of imidazole rings is 1. The summed E-state index contributed by atoms with van der Waals surface area (Å²) in [5.41, 5.74) is 4.44. The summed E-state index contributed by atoms with van der Waals surface area (Å²) in [6.45, 7) is 4.12. The van der Waals surface area contributed by atoms with Crippen molar-refractivity contribution < 1.29 is 9.53 Å². The molecule has 3 aromatic heterocycles. The van der Waals surface area contributed by atoms with Gasteiger partial charge in [0.05, 0.1) is 18.3 Å². The van der Waals surface area contributed by atoms with Gasteiger partial charge in [-0.3, -0.25) is 4.79 Å². The Morgan fingerprint density at radius 3 is 2.78 bits per heavy atom. The third kappa shape index (κ3) is 3.35. The number of benzene rings is 1. The maximum atomic E-state index is 13.7. The summed E-state index contributed by atoms with van der Waals surface area (Å²) in [5.74, 6) is 3.57. The zero-order valence-electron chi connectivity index (χ0n) is 21.3. The number of carbonyl (C=O) groups excluding carboxylic acids is 1. The van der Waals surface area contributed by atoms with E-state index in [1.807, 2.05) is 31.4 Å². The molecule has 5 heterocycles. The Bertz CT molecular complexity index is 1500. The number of amides is 1. The van der Waals surface area contributed by atoms with Crippen molar-refractivity contribution in [2.45, 2.75) is 51.6 Å². The Morgan fingerprint density at radius 2 is 2.03 bits per heavy atom. The second kappa shape index (κ2) is 8.08. The minimum atomic E-state index is 0.107. The van der Waals surface area contributed by atoms with Gasteiger partial charge in [-0.2, -0.15) is 0 Å². The first-order valence-electron chi connectivity index (χ1n) is 13.3. The summed E-state index contributed by atoms with van der Waals surface area (Å²) in [4.78, 5) is 25.6. The normalized spacial score (nSPS) is 23.6. The van der Waals surface area contributed by atoms with Gasteiger partial charge < -0.3 is 18.8 Å². The first-order chi connectivity index (χ1) is 17.5. The zero-order valence-corrected chi connectivity index (χ0v) is 21.3. The maximum Gasteiger partial charge on any atom is 0.254 e. The van der Waals surface area contributed by atoms with Gasteiger partial charge in [0.1, 0.15) is 16.9 Å². The first kappa shape index (κ1) is 21.9. The molecule has 0 spiro atoms. The minimum absolute atomic E-state index is 0.107. The molecule has 8 rings (SSSR count). The van der Waals surface area contributed by atoms with E-state index in [1.54, 1.807) is 7.11 Å². The Labute approximate surface area is 211 Å². The fraction of sp³-hybridized carbons (Fsp3) is 0.483. The van der Waals surface area contributed by atoms with Crippen LogP contribution in [0.5, 0.6) is 5.75 Å². The number of piperidine rings is 2. The Hall–Kier alpha value is -3.35. The molecule has 2 aliphatic heterocycles. The van der Waals surface area contributed by atoms with E-state index < -0.39 is 0 Å². The third-order valence-electron chi connectivity index (χ3n) is 8.77. The molecule has 0 N–H and O–H groups in total. The first-order valence-corrected chi connectivity index (χ1v) is 13.3. The number of fused-ring (bicyclic) bond motifs is 5. The molecule has 7 heteroatoms. The minimum Gasteiger partial charge on any atom is -0.494 e. The maximum absolute atomic E-state index is 13.7. The number of ether oxygens (including phenoxy) is 1. The fourth-order valence-corrected chi connectivity index (χ4v) is 6.77. The number of rotatable bonds is 5. The summed E-state index contributed by atoms with van der Waals surface area (Å²) in [6.07, 6.45) is 8.00. The largest absolute Gasteiger partial charge is 0.494 e. The van der Waals surface area contributed by atoms with Crippen LogP contribution in [-0.2, 0) is 13.6 Å². The Balaban J connectivity index is 1.34. The summed E-state index contributed by atoms with van der Waals surface area (Å²) in [5, 5.41) is 1.12. The van der Waals surface area contributed by atoms with Crippen LogP contribution in [0.1, 0.15) is 49.4 Å². The van der Waals surface area contributed by atoms with Gasteiger partial charge >= 0.3 is 0 Å². The van der Waals surface area contributed by atoms with Crippen molar-refractivity contribution in [3.05, 3.63) is 42.1 Å². The number of carbonyl (C=O) groups is 1. The smallest absolute Gasteiger partial charge is 0.254 e. The highest BCUT2D eigenvalue weighted by Crippen LogP contribution is 2.41. The van der Waals surface area contributed by atoms with E-state index in [1.165, 1.54) is 25.7 Å². The monoisotopic (exact) mass is 483 g/mol. The lowest BCUT2D eigenvalue weighted by Crippen LogP contribution is -2.54.